The van der Waals surface area contributed by atoms with Crippen LogP contribution < -0.4 is 6.15 Å². The van der Waals surface area contributed by atoms with Crippen molar-refractivity contribution >= 4 is 15.9 Å². The quantitative estimate of drug-likeness (QED) is 0.523. The fourth-order valence-corrected chi connectivity index (χ4v) is 0. The zero-order valence-electron chi connectivity index (χ0n) is 2.37. The van der Waals surface area contributed by atoms with Gasteiger partial charge in [-0.1, -0.05) is 22.5 Å². The molecule has 0 atom stereocenters. The van der Waals surface area contributed by atoms with Crippen LogP contribution in [0.15, 0.2) is 11.6 Å². The van der Waals surface area contributed by atoms with Crippen molar-refractivity contribution in [2.45, 2.75) is 0 Å². The molecule has 0 aromatic rings. The van der Waals surface area contributed by atoms with E-state index in [1.807, 2.05) is 0 Å². The van der Waals surface area contributed by atoms with E-state index in [0.717, 1.165) is 0 Å². The SMILES string of the molecule is C=CBr.N. The van der Waals surface area contributed by atoms with Crippen LogP contribution in [-0.2, 0) is 0 Å². The zero-order valence-corrected chi connectivity index (χ0v) is 3.96. The van der Waals surface area contributed by atoms with E-state index in [1.54, 1.807) is 4.99 Å². The van der Waals surface area contributed by atoms with Gasteiger partial charge in [0, 0.05) is 0 Å². The van der Waals surface area contributed by atoms with Crippen LogP contribution in [0.5, 0.6) is 0 Å². The second-order valence-corrected chi connectivity index (χ2v) is 0.802. The Bertz CT molecular complexity index is 13.5. The number of hydrogen-bond donors (Lipinski definition) is 1. The molecule has 4 heavy (non-hydrogen) atoms. The summed E-state index contributed by atoms with van der Waals surface area (Å²) in [5, 5.41) is 0. The van der Waals surface area contributed by atoms with E-state index in [2.05, 4.69) is 22.5 Å². The van der Waals surface area contributed by atoms with E-state index in [4.69, 9.17) is 0 Å². The Morgan fingerprint density at radius 2 is 1.75 bits per heavy atom. The lowest BCUT2D eigenvalue weighted by Gasteiger charge is -1.27. The molecular weight excluding hydrogens is 118 g/mol. The maximum absolute atomic E-state index is 3.28. The van der Waals surface area contributed by atoms with E-state index in [0.29, 0.717) is 0 Å². The molecule has 0 saturated carbocycles. The highest BCUT2D eigenvalue weighted by molar-refractivity contribution is 9.11. The first-order valence-corrected chi connectivity index (χ1v) is 1.54. The first kappa shape index (κ1) is 8.89. The molecule has 0 radical (unpaired) electrons. The Morgan fingerprint density at radius 1 is 1.75 bits per heavy atom. The predicted molar refractivity (Wildman–Crippen MR) is 24.1 cm³/mol. The first-order chi connectivity index (χ1) is 1.41. The van der Waals surface area contributed by atoms with E-state index in [-0.39, 0.29) is 6.15 Å². The van der Waals surface area contributed by atoms with Crippen molar-refractivity contribution in [2.75, 3.05) is 0 Å². The Hall–Kier alpha value is 0.180. The van der Waals surface area contributed by atoms with Crippen molar-refractivity contribution in [3.05, 3.63) is 11.6 Å². The van der Waals surface area contributed by atoms with E-state index < -0.39 is 0 Å². The van der Waals surface area contributed by atoms with Gasteiger partial charge in [0.25, 0.3) is 0 Å². The minimum absolute atomic E-state index is 0. The van der Waals surface area contributed by atoms with Gasteiger partial charge in [0.2, 0.25) is 0 Å². The van der Waals surface area contributed by atoms with E-state index in [9.17, 15) is 0 Å². The highest BCUT2D eigenvalue weighted by Crippen LogP contribution is 1.68. The van der Waals surface area contributed by atoms with Crippen LogP contribution in [0.3, 0.4) is 0 Å². The average Bonchev–Trinajstić information content (AvgIpc) is 0.918. The lowest BCUT2D eigenvalue weighted by atomic mass is 11.3. The summed E-state index contributed by atoms with van der Waals surface area (Å²) in [6.07, 6.45) is 0. The zero-order chi connectivity index (χ0) is 2.71. The fourth-order valence-electron chi connectivity index (χ4n) is 0. The van der Waals surface area contributed by atoms with Crippen molar-refractivity contribution in [2.24, 2.45) is 0 Å². The first-order valence-electron chi connectivity index (χ1n) is 0.626. The van der Waals surface area contributed by atoms with Gasteiger partial charge in [-0.15, -0.1) is 0 Å². The summed E-state index contributed by atoms with van der Waals surface area (Å²) in [6, 6.07) is 0. The minimum atomic E-state index is 0. The van der Waals surface area contributed by atoms with Gasteiger partial charge < -0.3 is 6.15 Å². The Labute approximate surface area is 34.4 Å². The largest absolute Gasteiger partial charge is 0.344 e. The standard InChI is InChI=1S/C2H3Br.H3N/c1-2-3;/h2H,1H2;1H3. The van der Waals surface area contributed by atoms with Crippen LogP contribution in [0.2, 0.25) is 0 Å². The molecule has 0 rings (SSSR count). The van der Waals surface area contributed by atoms with Crippen LogP contribution in [0.4, 0.5) is 0 Å². The predicted octanol–water partition coefficient (Wildman–Crippen LogP) is 1.69. The topological polar surface area (TPSA) is 35.0 Å². The molecular formula is C2H6BrN. The highest BCUT2D eigenvalue weighted by Gasteiger charge is 1.18. The van der Waals surface area contributed by atoms with Crippen molar-refractivity contribution in [3.8, 4) is 0 Å². The van der Waals surface area contributed by atoms with Crippen LogP contribution >= 0.6 is 15.9 Å². The Balaban J connectivity index is 0. The average molecular weight is 124 g/mol. The van der Waals surface area contributed by atoms with Gasteiger partial charge in [0.1, 0.15) is 0 Å². The van der Waals surface area contributed by atoms with Crippen molar-refractivity contribution in [1.82, 2.24) is 6.15 Å². The molecule has 0 fully saturated rings. The Morgan fingerprint density at radius 3 is 1.75 bits per heavy atom. The van der Waals surface area contributed by atoms with Gasteiger partial charge in [0.05, 0.1) is 0 Å². The summed E-state index contributed by atoms with van der Waals surface area (Å²) < 4.78 is 0. The van der Waals surface area contributed by atoms with Gasteiger partial charge in [-0.05, 0) is 4.99 Å². The van der Waals surface area contributed by atoms with Gasteiger partial charge >= 0.3 is 0 Å². The van der Waals surface area contributed by atoms with Crippen LogP contribution in [0.1, 0.15) is 0 Å². The normalized spacial score (nSPS) is 3.25. The molecule has 0 unspecified atom stereocenters. The molecule has 0 aromatic heterocycles. The maximum Gasteiger partial charge on any atom is -0.0261 e. The number of halogens is 1. The molecule has 3 N–H and O–H groups in total. The molecule has 0 aliphatic carbocycles. The summed E-state index contributed by atoms with van der Waals surface area (Å²) in [6.45, 7) is 3.28. The molecule has 0 saturated heterocycles. The summed E-state index contributed by atoms with van der Waals surface area (Å²) >= 11 is 2.91. The number of hydrogen-bond acceptors (Lipinski definition) is 1. The second kappa shape index (κ2) is 10.9. The van der Waals surface area contributed by atoms with E-state index in [1.165, 1.54) is 0 Å². The highest BCUT2D eigenvalue weighted by atomic mass is 79.9. The molecule has 0 spiro atoms. The summed E-state index contributed by atoms with van der Waals surface area (Å²) in [5.74, 6) is 0. The smallest absolute Gasteiger partial charge is 0.0261 e. The van der Waals surface area contributed by atoms with Crippen LogP contribution in [0, 0.1) is 0 Å². The summed E-state index contributed by atoms with van der Waals surface area (Å²) in [7, 11) is 0. The van der Waals surface area contributed by atoms with Crippen molar-refractivity contribution in [3.63, 3.8) is 0 Å². The molecule has 1 nitrogen and oxygen atoms in total. The van der Waals surface area contributed by atoms with Crippen molar-refractivity contribution < 1.29 is 0 Å². The number of rotatable bonds is 0. The molecule has 0 aliphatic rings. The van der Waals surface area contributed by atoms with Crippen LogP contribution in [0.25, 0.3) is 0 Å². The summed E-state index contributed by atoms with van der Waals surface area (Å²) in [4.78, 5) is 1.56. The molecule has 0 amide bonds. The maximum atomic E-state index is 3.28. The van der Waals surface area contributed by atoms with E-state index >= 15 is 0 Å². The monoisotopic (exact) mass is 123 g/mol. The molecule has 0 heterocycles. The second-order valence-electron chi connectivity index (χ2n) is 0.154. The van der Waals surface area contributed by atoms with Crippen LogP contribution in [-0.4, -0.2) is 0 Å². The fraction of sp³-hybridized carbons (Fsp3) is 0. The van der Waals surface area contributed by atoms with Gasteiger partial charge in [-0.3, -0.25) is 0 Å². The van der Waals surface area contributed by atoms with Gasteiger partial charge in [0.15, 0.2) is 0 Å². The third-order valence-corrected chi connectivity index (χ3v) is 0. The molecule has 0 bridgehead atoms. The van der Waals surface area contributed by atoms with Gasteiger partial charge in [-0.25, -0.2) is 0 Å². The lowest BCUT2D eigenvalue weighted by Crippen LogP contribution is -0.895. The summed E-state index contributed by atoms with van der Waals surface area (Å²) in [5.41, 5.74) is 0. The third-order valence-electron chi connectivity index (χ3n) is 0. The molecule has 26 valence electrons. The minimum Gasteiger partial charge on any atom is -0.344 e. The lowest BCUT2D eigenvalue weighted by molar-refractivity contribution is 2.13. The molecule has 0 aliphatic heterocycles. The third kappa shape index (κ3) is 93.7. The molecule has 2 heteroatoms. The van der Waals surface area contributed by atoms with Gasteiger partial charge in [-0.2, -0.15) is 0 Å². The molecule has 0 aromatic carbocycles. The van der Waals surface area contributed by atoms with Crippen molar-refractivity contribution in [1.29, 1.82) is 0 Å². The Kier molecular flexibility index (Phi) is 24.1.